The van der Waals surface area contributed by atoms with Gasteiger partial charge in [0.25, 0.3) is 0 Å². The largest absolute Gasteiger partial charge is 0.748 e. The first-order valence-electron chi connectivity index (χ1n) is 5.75. The molecule has 0 aliphatic carbocycles. The van der Waals surface area contributed by atoms with Crippen LogP contribution in [-0.2, 0) is 17.1 Å². The Balaban J connectivity index is 0. The molecule has 0 atom stereocenters. The SMILES string of the molecule is CCCCC.[Fe].[cH-]1[cH-][cH-][cH-][cH-]1.c1cc[cH-]c1. The molecule has 0 fully saturated rings. The summed E-state index contributed by atoms with van der Waals surface area (Å²) < 4.78 is 0. The van der Waals surface area contributed by atoms with Gasteiger partial charge in [-0.25, -0.2) is 12.1 Å². The van der Waals surface area contributed by atoms with Crippen molar-refractivity contribution in [3.63, 3.8) is 0 Å². The van der Waals surface area contributed by atoms with E-state index in [9.17, 15) is 0 Å². The Morgan fingerprint density at radius 1 is 0.750 bits per heavy atom. The standard InChI is InChI=1S/2C5H5.C5H12.Fe/c2*1-2-4-5-3-1;1-3-5-4-2;/h2*1-5H;3-5H2,1-2H3;/q-5;-1;;. The Morgan fingerprint density at radius 3 is 1.25 bits per heavy atom. The van der Waals surface area contributed by atoms with Gasteiger partial charge in [-0.3, -0.25) is 0 Å². The summed E-state index contributed by atoms with van der Waals surface area (Å²) in [5.41, 5.74) is 0. The predicted octanol–water partition coefficient (Wildman–Crippen LogP) is 5.01. The molecule has 0 spiro atoms. The third-order valence-corrected chi connectivity index (χ3v) is 1.82. The summed E-state index contributed by atoms with van der Waals surface area (Å²) in [5, 5.41) is 0. The van der Waals surface area contributed by atoms with E-state index in [4.69, 9.17) is 0 Å². The maximum atomic E-state index is 2.21. The second-order valence-electron chi connectivity index (χ2n) is 3.28. The summed E-state index contributed by atoms with van der Waals surface area (Å²) in [6, 6.07) is 20.0. The van der Waals surface area contributed by atoms with Crippen molar-refractivity contribution in [1.82, 2.24) is 0 Å². The van der Waals surface area contributed by atoms with Crippen LogP contribution in [0.25, 0.3) is 0 Å². The van der Waals surface area contributed by atoms with E-state index < -0.39 is 0 Å². The van der Waals surface area contributed by atoms with Gasteiger partial charge in [0.05, 0.1) is 0 Å². The van der Waals surface area contributed by atoms with Crippen LogP contribution in [0, 0.1) is 0 Å². The van der Waals surface area contributed by atoms with Crippen molar-refractivity contribution in [3.8, 4) is 0 Å². The molecule has 0 saturated heterocycles. The molecule has 0 heterocycles. The minimum atomic E-state index is 0. The zero-order chi connectivity index (χ0) is 11.2. The van der Waals surface area contributed by atoms with Crippen LogP contribution >= 0.6 is 0 Å². The zero-order valence-corrected chi connectivity index (χ0v) is 11.4. The molecule has 16 heavy (non-hydrogen) atoms. The molecule has 0 unspecified atom stereocenters. The van der Waals surface area contributed by atoms with Gasteiger partial charge in [-0.1, -0.05) is 33.1 Å². The summed E-state index contributed by atoms with van der Waals surface area (Å²) in [4.78, 5) is 0. The molecule has 96 valence electrons. The van der Waals surface area contributed by atoms with Crippen LogP contribution < -0.4 is 0 Å². The zero-order valence-electron chi connectivity index (χ0n) is 10.2. The molecule has 0 N–H and O–H groups in total. The molecule has 0 saturated carbocycles. The van der Waals surface area contributed by atoms with E-state index in [0.29, 0.717) is 0 Å². The molecular weight excluding hydrogens is 236 g/mol. The Hall–Kier alpha value is -0.781. The third-order valence-electron chi connectivity index (χ3n) is 1.82. The monoisotopic (exact) mass is 258 g/mol. The van der Waals surface area contributed by atoms with Crippen LogP contribution in [0.4, 0.5) is 0 Å². The predicted molar refractivity (Wildman–Crippen MR) is 69.3 cm³/mol. The van der Waals surface area contributed by atoms with Crippen LogP contribution in [0.3, 0.4) is 0 Å². The maximum Gasteiger partial charge on any atom is 0 e. The number of hydrogen-bond acceptors (Lipinski definition) is 0. The van der Waals surface area contributed by atoms with Crippen LogP contribution in [0.1, 0.15) is 33.1 Å². The molecule has 1 heteroatoms. The average molecular weight is 258 g/mol. The Labute approximate surface area is 111 Å². The van der Waals surface area contributed by atoms with Crippen LogP contribution in [-0.4, -0.2) is 0 Å². The van der Waals surface area contributed by atoms with E-state index in [1.165, 1.54) is 19.3 Å². The Kier molecular flexibility index (Phi) is 18.3. The molecule has 0 aliphatic heterocycles. The first-order chi connectivity index (χ1) is 7.41. The van der Waals surface area contributed by atoms with Crippen molar-refractivity contribution < 1.29 is 17.1 Å². The van der Waals surface area contributed by atoms with E-state index in [2.05, 4.69) is 13.8 Å². The van der Waals surface area contributed by atoms with Crippen LogP contribution in [0.15, 0.2) is 60.7 Å². The number of unbranched alkanes of at least 4 members (excludes halogenated alkanes) is 2. The fraction of sp³-hybridized carbons (Fsp3) is 0.333. The van der Waals surface area contributed by atoms with Gasteiger partial charge in [-0.15, -0.1) is 0 Å². The number of rotatable bonds is 2. The fourth-order valence-corrected chi connectivity index (χ4v) is 0.995. The van der Waals surface area contributed by atoms with Gasteiger partial charge in [0.15, 0.2) is 0 Å². The third kappa shape index (κ3) is 15.7. The molecule has 0 bridgehead atoms. The van der Waals surface area contributed by atoms with Gasteiger partial charge >= 0.3 is 0 Å². The first-order valence-corrected chi connectivity index (χ1v) is 5.75. The van der Waals surface area contributed by atoms with Crippen molar-refractivity contribution in [2.75, 3.05) is 0 Å². The van der Waals surface area contributed by atoms with Gasteiger partial charge in [0.2, 0.25) is 0 Å². The summed E-state index contributed by atoms with van der Waals surface area (Å²) in [6.45, 7) is 4.42. The topological polar surface area (TPSA) is 0 Å². The molecule has 2 aromatic carbocycles. The minimum Gasteiger partial charge on any atom is -0.748 e. The van der Waals surface area contributed by atoms with Crippen molar-refractivity contribution in [2.45, 2.75) is 33.1 Å². The van der Waals surface area contributed by atoms with E-state index in [0.717, 1.165) is 0 Å². The molecule has 0 amide bonds. The molecule has 0 radical (unpaired) electrons. The Bertz CT molecular complexity index is 180. The van der Waals surface area contributed by atoms with Crippen molar-refractivity contribution in [1.29, 1.82) is 0 Å². The quantitative estimate of drug-likeness (QED) is 0.525. The second-order valence-corrected chi connectivity index (χ2v) is 3.28. The van der Waals surface area contributed by atoms with Gasteiger partial charge in [-0.05, 0) is 0 Å². The van der Waals surface area contributed by atoms with Crippen LogP contribution in [0.5, 0.6) is 0 Å². The number of hydrogen-bond donors (Lipinski definition) is 0. The van der Waals surface area contributed by atoms with Gasteiger partial charge < -0.3 is 30.3 Å². The molecule has 0 nitrogen and oxygen atoms in total. The van der Waals surface area contributed by atoms with Crippen molar-refractivity contribution in [3.05, 3.63) is 60.7 Å². The van der Waals surface area contributed by atoms with E-state index in [1.54, 1.807) is 0 Å². The minimum absolute atomic E-state index is 0. The van der Waals surface area contributed by atoms with Crippen LogP contribution in [0.2, 0.25) is 0 Å². The van der Waals surface area contributed by atoms with E-state index in [1.807, 2.05) is 60.7 Å². The van der Waals surface area contributed by atoms with Crippen molar-refractivity contribution >= 4 is 0 Å². The van der Waals surface area contributed by atoms with Gasteiger partial charge in [0.1, 0.15) is 0 Å². The first kappa shape index (κ1) is 17.6. The Morgan fingerprint density at radius 2 is 1.12 bits per heavy atom. The van der Waals surface area contributed by atoms with Gasteiger partial charge in [-0.2, -0.15) is 18.2 Å². The van der Waals surface area contributed by atoms with Gasteiger partial charge in [0, 0.05) is 17.1 Å². The summed E-state index contributed by atoms with van der Waals surface area (Å²) in [5.74, 6) is 0. The molecule has 0 aliphatic rings. The molecule has 0 aromatic heterocycles. The summed E-state index contributed by atoms with van der Waals surface area (Å²) >= 11 is 0. The molecule has 2 aromatic rings. The molecule has 2 rings (SSSR count). The average Bonchev–Trinajstić information content (AvgIpc) is 2.99. The van der Waals surface area contributed by atoms with E-state index >= 15 is 0 Å². The molecular formula is C15H22Fe-6. The summed E-state index contributed by atoms with van der Waals surface area (Å²) in [6.07, 6.45) is 4.08. The fourth-order valence-electron chi connectivity index (χ4n) is 0.995. The maximum absolute atomic E-state index is 2.21. The summed E-state index contributed by atoms with van der Waals surface area (Å²) in [7, 11) is 0. The normalized spacial score (nSPS) is 7.62. The van der Waals surface area contributed by atoms with Crippen molar-refractivity contribution in [2.24, 2.45) is 0 Å². The smallest absolute Gasteiger partial charge is 0 e. The van der Waals surface area contributed by atoms with E-state index in [-0.39, 0.29) is 17.1 Å². The second kappa shape index (κ2) is 16.6.